The summed E-state index contributed by atoms with van der Waals surface area (Å²) in [5.41, 5.74) is 3.72. The number of esters is 1. The van der Waals surface area contributed by atoms with Gasteiger partial charge in [-0.3, -0.25) is 9.59 Å². The largest absolute Gasteiger partial charge is 0.465 e. The topological polar surface area (TPSA) is 99.8 Å². The van der Waals surface area contributed by atoms with Crippen LogP contribution in [0, 0.1) is 11.7 Å². The van der Waals surface area contributed by atoms with E-state index in [-0.39, 0.29) is 31.4 Å². The number of hydrogen-bond donors (Lipinski definition) is 3. The molecule has 0 atom stereocenters. The van der Waals surface area contributed by atoms with Crippen molar-refractivity contribution in [3.05, 3.63) is 95.3 Å². The number of nitrogens with one attached hydrogen (secondary N) is 3. The molecule has 0 bridgehead atoms. The minimum Gasteiger partial charge on any atom is -0.465 e. The number of urea groups is 1. The van der Waals surface area contributed by atoms with Crippen molar-refractivity contribution in [1.29, 1.82) is 0 Å². The van der Waals surface area contributed by atoms with Gasteiger partial charge < -0.3 is 25.6 Å². The van der Waals surface area contributed by atoms with Crippen LogP contribution < -0.4 is 20.9 Å². The van der Waals surface area contributed by atoms with Crippen molar-refractivity contribution in [3.63, 3.8) is 0 Å². The highest BCUT2D eigenvalue weighted by Gasteiger charge is 2.24. The number of carbonyl (C=O) groups excluding carboxylic acids is 3. The standard InChI is InChI=1S/C31H35FN4O4/c1-2-40-29(37)21-34-31(39)35-26-12-13-28(27(19-26)30(38)33-20-24-8-10-25(32)11-9-24)36-16-14-23(15-17-36)18-22-6-4-3-5-7-22/h3-13,19,23H,2,14-18,20-21H2,1H3,(H,33,38)(H2,34,35,39). The number of piperidine rings is 1. The Bertz CT molecular complexity index is 1290. The maximum absolute atomic E-state index is 13.4. The van der Waals surface area contributed by atoms with Gasteiger partial charge in [0.25, 0.3) is 5.91 Å². The molecule has 8 nitrogen and oxygen atoms in total. The molecular weight excluding hydrogens is 511 g/mol. The molecule has 0 radical (unpaired) electrons. The second-order valence-corrected chi connectivity index (χ2v) is 9.77. The first-order valence-electron chi connectivity index (χ1n) is 13.6. The van der Waals surface area contributed by atoms with Crippen molar-refractivity contribution in [2.24, 2.45) is 5.92 Å². The van der Waals surface area contributed by atoms with Gasteiger partial charge in [0, 0.05) is 31.0 Å². The van der Waals surface area contributed by atoms with Crippen molar-refractivity contribution in [2.45, 2.75) is 32.7 Å². The summed E-state index contributed by atoms with van der Waals surface area (Å²) in [6.45, 7) is 3.50. The second kappa shape index (κ2) is 14.1. The Morgan fingerprint density at radius 3 is 2.35 bits per heavy atom. The summed E-state index contributed by atoms with van der Waals surface area (Å²) >= 11 is 0. The van der Waals surface area contributed by atoms with E-state index in [1.165, 1.54) is 17.7 Å². The molecule has 3 amide bonds. The SMILES string of the molecule is CCOC(=O)CNC(=O)Nc1ccc(N2CCC(Cc3ccccc3)CC2)c(C(=O)NCc2ccc(F)cc2)c1. The fourth-order valence-corrected chi connectivity index (χ4v) is 4.82. The second-order valence-electron chi connectivity index (χ2n) is 9.77. The van der Waals surface area contributed by atoms with E-state index in [9.17, 15) is 18.8 Å². The molecule has 210 valence electrons. The van der Waals surface area contributed by atoms with E-state index < -0.39 is 12.0 Å². The van der Waals surface area contributed by atoms with Crippen LogP contribution in [-0.4, -0.2) is 44.1 Å². The van der Waals surface area contributed by atoms with E-state index in [0.717, 1.165) is 43.6 Å². The zero-order valence-corrected chi connectivity index (χ0v) is 22.6. The summed E-state index contributed by atoms with van der Waals surface area (Å²) in [4.78, 5) is 39.5. The molecule has 40 heavy (non-hydrogen) atoms. The monoisotopic (exact) mass is 546 g/mol. The Hall–Kier alpha value is -4.40. The third-order valence-corrected chi connectivity index (χ3v) is 6.89. The lowest BCUT2D eigenvalue weighted by atomic mass is 9.89. The van der Waals surface area contributed by atoms with Gasteiger partial charge in [0.15, 0.2) is 0 Å². The van der Waals surface area contributed by atoms with Gasteiger partial charge in [0.05, 0.1) is 12.2 Å². The third kappa shape index (κ3) is 8.30. The molecule has 3 N–H and O–H groups in total. The number of ether oxygens (including phenoxy) is 1. The Morgan fingerprint density at radius 1 is 0.925 bits per heavy atom. The van der Waals surface area contributed by atoms with Gasteiger partial charge in [0.1, 0.15) is 12.4 Å². The summed E-state index contributed by atoms with van der Waals surface area (Å²) in [6, 6.07) is 21.1. The van der Waals surface area contributed by atoms with Gasteiger partial charge in [0.2, 0.25) is 0 Å². The van der Waals surface area contributed by atoms with Crippen LogP contribution in [0.3, 0.4) is 0 Å². The van der Waals surface area contributed by atoms with Crippen LogP contribution in [0.1, 0.15) is 41.3 Å². The zero-order chi connectivity index (χ0) is 28.3. The van der Waals surface area contributed by atoms with E-state index in [1.807, 2.05) is 12.1 Å². The lowest BCUT2D eigenvalue weighted by Gasteiger charge is -2.35. The minimum absolute atomic E-state index is 0.226. The first-order valence-corrected chi connectivity index (χ1v) is 13.6. The van der Waals surface area contributed by atoms with Crippen molar-refractivity contribution in [2.75, 3.05) is 36.5 Å². The molecule has 4 rings (SSSR count). The number of carbonyl (C=O) groups is 3. The first kappa shape index (κ1) is 28.6. The number of benzene rings is 3. The summed E-state index contributed by atoms with van der Waals surface area (Å²) in [5, 5.41) is 8.05. The molecule has 0 aliphatic carbocycles. The van der Waals surface area contributed by atoms with E-state index in [2.05, 4.69) is 45.1 Å². The first-order chi connectivity index (χ1) is 19.4. The number of amides is 3. The van der Waals surface area contributed by atoms with Crippen molar-refractivity contribution >= 4 is 29.3 Å². The highest BCUT2D eigenvalue weighted by atomic mass is 19.1. The van der Waals surface area contributed by atoms with Gasteiger partial charge in [-0.15, -0.1) is 0 Å². The molecule has 1 heterocycles. The molecular formula is C31H35FN4O4. The Morgan fingerprint density at radius 2 is 1.65 bits per heavy atom. The normalized spacial score (nSPS) is 13.4. The molecule has 3 aromatic rings. The lowest BCUT2D eigenvalue weighted by molar-refractivity contribution is -0.141. The fourth-order valence-electron chi connectivity index (χ4n) is 4.82. The molecule has 0 aromatic heterocycles. The van der Waals surface area contributed by atoms with Crippen LogP contribution in [0.25, 0.3) is 0 Å². The lowest BCUT2D eigenvalue weighted by Crippen LogP contribution is -2.36. The highest BCUT2D eigenvalue weighted by Crippen LogP contribution is 2.30. The van der Waals surface area contributed by atoms with E-state index in [0.29, 0.717) is 17.2 Å². The molecule has 9 heteroatoms. The van der Waals surface area contributed by atoms with Gasteiger partial charge >= 0.3 is 12.0 Å². The number of anilines is 2. The van der Waals surface area contributed by atoms with Gasteiger partial charge in [-0.2, -0.15) is 0 Å². The van der Waals surface area contributed by atoms with Crippen molar-refractivity contribution in [3.8, 4) is 0 Å². The summed E-state index contributed by atoms with van der Waals surface area (Å²) in [6.07, 6.45) is 3.03. The Labute approximate surface area is 233 Å². The number of rotatable bonds is 10. The van der Waals surface area contributed by atoms with Crippen LogP contribution in [-0.2, 0) is 22.5 Å². The van der Waals surface area contributed by atoms with Gasteiger partial charge in [-0.1, -0.05) is 42.5 Å². The Kier molecular flexibility index (Phi) is 10.1. The van der Waals surface area contributed by atoms with E-state index in [4.69, 9.17) is 4.74 Å². The summed E-state index contributed by atoms with van der Waals surface area (Å²) in [7, 11) is 0. The predicted molar refractivity (Wildman–Crippen MR) is 153 cm³/mol. The summed E-state index contributed by atoms with van der Waals surface area (Å²) < 4.78 is 18.1. The maximum atomic E-state index is 13.4. The van der Waals surface area contributed by atoms with Crippen LogP contribution in [0.2, 0.25) is 0 Å². The number of hydrogen-bond acceptors (Lipinski definition) is 5. The number of nitrogens with zero attached hydrogens (tertiary/aromatic N) is 1. The van der Waals surface area contributed by atoms with Crippen molar-refractivity contribution in [1.82, 2.24) is 10.6 Å². The molecule has 1 aliphatic rings. The van der Waals surface area contributed by atoms with Crippen molar-refractivity contribution < 1.29 is 23.5 Å². The fraction of sp³-hybridized carbons (Fsp3) is 0.323. The molecule has 1 saturated heterocycles. The molecule has 1 aliphatic heterocycles. The third-order valence-electron chi connectivity index (χ3n) is 6.89. The van der Waals surface area contributed by atoms with E-state index in [1.54, 1.807) is 31.2 Å². The van der Waals surface area contributed by atoms with Crippen LogP contribution in [0.4, 0.5) is 20.6 Å². The average Bonchev–Trinajstić information content (AvgIpc) is 2.97. The molecule has 0 spiro atoms. The van der Waals surface area contributed by atoms with Crippen LogP contribution in [0.5, 0.6) is 0 Å². The summed E-state index contributed by atoms with van der Waals surface area (Å²) in [5.74, 6) is -0.614. The smallest absolute Gasteiger partial charge is 0.325 e. The average molecular weight is 547 g/mol. The maximum Gasteiger partial charge on any atom is 0.325 e. The zero-order valence-electron chi connectivity index (χ0n) is 22.6. The van der Waals surface area contributed by atoms with E-state index >= 15 is 0 Å². The highest BCUT2D eigenvalue weighted by molar-refractivity contribution is 6.02. The van der Waals surface area contributed by atoms with Gasteiger partial charge in [-0.25, -0.2) is 9.18 Å². The molecule has 3 aromatic carbocycles. The minimum atomic E-state index is -0.583. The predicted octanol–water partition coefficient (Wildman–Crippen LogP) is 4.90. The molecule has 0 saturated carbocycles. The van der Waals surface area contributed by atoms with Crippen LogP contribution >= 0.6 is 0 Å². The number of halogens is 1. The van der Waals surface area contributed by atoms with Gasteiger partial charge in [-0.05, 0) is 73.6 Å². The molecule has 1 fully saturated rings. The molecule has 0 unspecified atom stereocenters. The quantitative estimate of drug-likeness (QED) is 0.314. The Balaban J connectivity index is 1.45. The van der Waals surface area contributed by atoms with Crippen LogP contribution in [0.15, 0.2) is 72.8 Å².